The summed E-state index contributed by atoms with van der Waals surface area (Å²) in [5.74, 6) is -4.06. The quantitative estimate of drug-likeness (QED) is 0.287. The molecular weight excluding hydrogens is 611 g/mol. The summed E-state index contributed by atoms with van der Waals surface area (Å²) in [6.07, 6.45) is 4.46. The van der Waals surface area contributed by atoms with Crippen LogP contribution >= 0.6 is 0 Å². The number of carbonyl (C=O) groups is 2. The van der Waals surface area contributed by atoms with Gasteiger partial charge in [0.25, 0.3) is 0 Å². The number of halogens is 1. The molecule has 47 heavy (non-hydrogen) atoms. The molecule has 14 unspecified atom stereocenters. The highest BCUT2D eigenvalue weighted by Crippen LogP contribution is 2.67. The highest BCUT2D eigenvalue weighted by atomic mass is 19.1. The van der Waals surface area contributed by atoms with Crippen molar-refractivity contribution in [1.82, 2.24) is 0 Å². The zero-order chi connectivity index (χ0) is 32.6. The second-order valence-electron chi connectivity index (χ2n) is 16.4. The molecule has 14 atom stereocenters. The minimum atomic E-state index is -1.24. The van der Waals surface area contributed by atoms with Crippen LogP contribution in [0.3, 0.4) is 0 Å². The molecule has 4 bridgehead atoms. The molecule has 11 heteroatoms. The van der Waals surface area contributed by atoms with E-state index < -0.39 is 64.5 Å². The SMILES string of the molecule is CC1CCC2C(CC3(Cc4ccc(F)cc4)C(=O)OC4OC5(C)CCC6C(C)CCC3C46OO5)C(=O)OC3OC4(C)CCC1C32OO4. The van der Waals surface area contributed by atoms with Gasteiger partial charge in [-0.15, -0.1) is 0 Å². The van der Waals surface area contributed by atoms with Crippen molar-refractivity contribution in [2.45, 2.75) is 127 Å². The Morgan fingerprint density at radius 1 is 0.723 bits per heavy atom. The topological polar surface area (TPSA) is 108 Å². The Morgan fingerprint density at radius 3 is 2.00 bits per heavy atom. The molecule has 8 saturated heterocycles. The van der Waals surface area contributed by atoms with Gasteiger partial charge in [-0.2, -0.15) is 0 Å². The molecule has 0 radical (unpaired) electrons. The first-order chi connectivity index (χ1) is 22.4. The van der Waals surface area contributed by atoms with Crippen LogP contribution in [0.1, 0.15) is 91.0 Å². The molecule has 0 aromatic heterocycles. The van der Waals surface area contributed by atoms with Crippen LogP contribution in [0.15, 0.2) is 24.3 Å². The Morgan fingerprint density at radius 2 is 1.32 bits per heavy atom. The number of esters is 2. The first kappa shape index (κ1) is 30.9. The molecule has 8 heterocycles. The van der Waals surface area contributed by atoms with Crippen molar-refractivity contribution < 1.29 is 52.5 Å². The lowest BCUT2D eigenvalue weighted by Crippen LogP contribution is -2.74. The Hall–Kier alpha value is -2.15. The first-order valence-electron chi connectivity index (χ1n) is 17.7. The maximum atomic E-state index is 14.9. The van der Waals surface area contributed by atoms with Gasteiger partial charge in [0.15, 0.2) is 11.2 Å². The third kappa shape index (κ3) is 4.16. The summed E-state index contributed by atoms with van der Waals surface area (Å²) < 4.78 is 39.6. The Labute approximate surface area is 274 Å². The van der Waals surface area contributed by atoms with Crippen LogP contribution < -0.4 is 0 Å². The predicted octanol–water partition coefficient (Wildman–Crippen LogP) is 5.91. The van der Waals surface area contributed by atoms with Gasteiger partial charge in [0, 0.05) is 36.5 Å². The van der Waals surface area contributed by atoms with E-state index in [0.29, 0.717) is 31.6 Å². The molecule has 10 fully saturated rings. The minimum absolute atomic E-state index is 0.000437. The van der Waals surface area contributed by atoms with Crippen LogP contribution in [0.2, 0.25) is 0 Å². The number of hydrogen-bond donors (Lipinski definition) is 0. The second kappa shape index (κ2) is 10.2. The maximum Gasteiger partial charge on any atom is 0.315 e. The van der Waals surface area contributed by atoms with Gasteiger partial charge < -0.3 is 18.9 Å². The van der Waals surface area contributed by atoms with Gasteiger partial charge in [-0.1, -0.05) is 26.0 Å². The monoisotopic (exact) mass is 656 g/mol. The molecule has 0 amide bonds. The van der Waals surface area contributed by atoms with Crippen molar-refractivity contribution in [3.05, 3.63) is 35.6 Å². The van der Waals surface area contributed by atoms with Crippen LogP contribution in [0.25, 0.3) is 0 Å². The smallest absolute Gasteiger partial charge is 0.315 e. The van der Waals surface area contributed by atoms with Crippen LogP contribution in [0, 0.1) is 52.7 Å². The molecule has 11 rings (SSSR count). The third-order valence-electron chi connectivity index (χ3n) is 13.8. The predicted molar refractivity (Wildman–Crippen MR) is 158 cm³/mol. The van der Waals surface area contributed by atoms with Gasteiger partial charge >= 0.3 is 11.9 Å². The fourth-order valence-corrected chi connectivity index (χ4v) is 11.5. The summed E-state index contributed by atoms with van der Waals surface area (Å²) in [5.41, 5.74) is -2.53. The highest BCUT2D eigenvalue weighted by Gasteiger charge is 2.77. The van der Waals surface area contributed by atoms with Crippen molar-refractivity contribution in [2.75, 3.05) is 0 Å². The summed E-state index contributed by atoms with van der Waals surface area (Å²) in [7, 11) is 0. The van der Waals surface area contributed by atoms with E-state index in [1.807, 2.05) is 13.8 Å². The number of rotatable bonds is 4. The van der Waals surface area contributed by atoms with E-state index in [1.165, 1.54) is 12.1 Å². The minimum Gasteiger partial charge on any atom is -0.432 e. The van der Waals surface area contributed by atoms with E-state index in [4.69, 9.17) is 38.5 Å². The molecule has 2 aliphatic carbocycles. The Kier molecular flexibility index (Phi) is 6.70. The van der Waals surface area contributed by atoms with E-state index in [9.17, 15) is 14.0 Å². The number of fused-ring (bicyclic) bond motifs is 4. The van der Waals surface area contributed by atoms with E-state index in [-0.39, 0.29) is 42.3 Å². The Bertz CT molecular complexity index is 1470. The molecule has 1 aromatic carbocycles. The van der Waals surface area contributed by atoms with Gasteiger partial charge in [-0.3, -0.25) is 9.59 Å². The summed E-state index contributed by atoms with van der Waals surface area (Å²) in [6.45, 7) is 8.09. The molecule has 1 aromatic rings. The molecule has 0 N–H and O–H groups in total. The van der Waals surface area contributed by atoms with Gasteiger partial charge in [-0.25, -0.2) is 23.9 Å². The number of benzene rings is 1. The lowest BCUT2D eigenvalue weighted by atomic mass is 9.49. The van der Waals surface area contributed by atoms with Crippen LogP contribution in [0.5, 0.6) is 0 Å². The number of hydrogen-bond acceptors (Lipinski definition) is 10. The van der Waals surface area contributed by atoms with Gasteiger partial charge in [0.05, 0.1) is 11.3 Å². The van der Waals surface area contributed by atoms with Crippen molar-refractivity contribution in [3.63, 3.8) is 0 Å². The van der Waals surface area contributed by atoms with Crippen molar-refractivity contribution in [2.24, 2.45) is 46.8 Å². The molecule has 256 valence electrons. The fourth-order valence-electron chi connectivity index (χ4n) is 11.5. The standard InChI is InChI=1S/C36H45FO10/c1-19-5-11-26-23(28(38)40-30-35(26)24(19)13-15-32(3,42-30)44-46-35)18-34(17-21-7-9-22(37)10-8-21)27-12-6-20(2)25-14-16-33(4)43-31(41-29(34)39)36(25,27)47-45-33/h7-10,19-20,23-27,30-31H,5-6,11-18H2,1-4H3. The first-order valence-corrected chi connectivity index (χ1v) is 17.7. The molecule has 10 nitrogen and oxygen atoms in total. The van der Waals surface area contributed by atoms with Crippen molar-refractivity contribution in [1.29, 1.82) is 0 Å². The average Bonchev–Trinajstić information content (AvgIpc) is 3.41. The summed E-state index contributed by atoms with van der Waals surface area (Å²) >= 11 is 0. The van der Waals surface area contributed by atoms with E-state index in [2.05, 4.69) is 13.8 Å². The van der Waals surface area contributed by atoms with Crippen molar-refractivity contribution in [3.8, 4) is 0 Å². The van der Waals surface area contributed by atoms with Gasteiger partial charge in [0.1, 0.15) is 5.82 Å². The zero-order valence-corrected chi connectivity index (χ0v) is 27.5. The molecule has 2 spiro atoms. The molecule has 10 aliphatic rings. The zero-order valence-electron chi connectivity index (χ0n) is 27.5. The van der Waals surface area contributed by atoms with E-state index in [1.54, 1.807) is 12.1 Å². The average molecular weight is 657 g/mol. The van der Waals surface area contributed by atoms with E-state index in [0.717, 1.165) is 31.2 Å². The number of ether oxygens (including phenoxy) is 4. The van der Waals surface area contributed by atoms with Gasteiger partial charge in [-0.05, 0) is 94.7 Å². The maximum absolute atomic E-state index is 14.9. The van der Waals surface area contributed by atoms with Crippen LogP contribution in [0.4, 0.5) is 4.39 Å². The Balaban J connectivity index is 1.18. The van der Waals surface area contributed by atoms with Crippen molar-refractivity contribution >= 4 is 11.9 Å². The van der Waals surface area contributed by atoms with Crippen LogP contribution in [-0.4, -0.2) is 47.3 Å². The summed E-state index contributed by atoms with van der Waals surface area (Å²) in [5, 5.41) is 0. The molecule has 8 aliphatic heterocycles. The second-order valence-corrected chi connectivity index (χ2v) is 16.4. The van der Waals surface area contributed by atoms with Crippen LogP contribution in [-0.2, 0) is 54.5 Å². The van der Waals surface area contributed by atoms with Gasteiger partial charge in [0.2, 0.25) is 24.2 Å². The largest absolute Gasteiger partial charge is 0.432 e. The highest BCUT2D eigenvalue weighted by molar-refractivity contribution is 5.82. The lowest BCUT2D eigenvalue weighted by Gasteiger charge is -2.63. The molecular formula is C36H45FO10. The third-order valence-corrected chi connectivity index (χ3v) is 13.8. The fraction of sp³-hybridized carbons (Fsp3) is 0.778. The molecule has 2 saturated carbocycles. The summed E-state index contributed by atoms with van der Waals surface area (Å²) in [4.78, 5) is 54.1. The number of carbonyl (C=O) groups excluding carboxylic acids is 2. The lowest BCUT2D eigenvalue weighted by molar-refractivity contribution is -0.563. The van der Waals surface area contributed by atoms with E-state index >= 15 is 0 Å². The summed E-state index contributed by atoms with van der Waals surface area (Å²) in [6, 6.07) is 6.23. The normalized spacial score (nSPS) is 52.8.